The van der Waals surface area contributed by atoms with Crippen LogP contribution in [0.3, 0.4) is 0 Å². The van der Waals surface area contributed by atoms with Crippen molar-refractivity contribution >= 4 is 52.0 Å². The van der Waals surface area contributed by atoms with Gasteiger partial charge in [0.2, 0.25) is 0 Å². The zero-order valence-corrected chi connectivity index (χ0v) is 13.2. The zero-order valence-electron chi connectivity index (χ0n) is 10.9. The van der Waals surface area contributed by atoms with Crippen molar-refractivity contribution in [3.8, 4) is 0 Å². The minimum atomic E-state index is -0.293. The molecule has 0 heterocycles. The van der Waals surface area contributed by atoms with E-state index in [2.05, 4.69) is 5.32 Å². The van der Waals surface area contributed by atoms with Crippen LogP contribution in [-0.2, 0) is 6.42 Å². The maximum atomic E-state index is 12.1. The molecular weight excluding hydrogens is 327 g/mol. The van der Waals surface area contributed by atoms with E-state index < -0.39 is 0 Å². The van der Waals surface area contributed by atoms with E-state index in [1.807, 2.05) is 12.1 Å². The third-order valence-corrected chi connectivity index (χ3v) is 3.46. The van der Waals surface area contributed by atoms with Crippen molar-refractivity contribution in [1.29, 1.82) is 0 Å². The molecule has 2 aromatic carbocycles. The van der Waals surface area contributed by atoms with E-state index >= 15 is 0 Å². The zero-order chi connectivity index (χ0) is 15.4. The molecule has 0 bridgehead atoms. The van der Waals surface area contributed by atoms with E-state index in [1.54, 1.807) is 24.3 Å². The van der Waals surface area contributed by atoms with Crippen LogP contribution >= 0.6 is 35.4 Å². The Balaban J connectivity index is 2.10. The summed E-state index contributed by atoms with van der Waals surface area (Å²) in [6, 6.07) is 12.0. The van der Waals surface area contributed by atoms with Crippen LogP contribution in [-0.4, -0.2) is 10.9 Å². The molecule has 0 atom stereocenters. The summed E-state index contributed by atoms with van der Waals surface area (Å²) in [5.74, 6) is -0.293. The molecule has 2 aromatic rings. The largest absolute Gasteiger partial charge is 0.393 e. The van der Waals surface area contributed by atoms with Crippen LogP contribution in [0.1, 0.15) is 15.9 Å². The van der Waals surface area contributed by atoms with Crippen molar-refractivity contribution in [1.82, 2.24) is 0 Å². The minimum absolute atomic E-state index is 0.293. The lowest BCUT2D eigenvalue weighted by Gasteiger charge is -2.08. The molecule has 6 heteroatoms. The monoisotopic (exact) mass is 338 g/mol. The number of carbonyl (C=O) groups is 1. The van der Waals surface area contributed by atoms with Gasteiger partial charge in [0.15, 0.2) is 0 Å². The van der Waals surface area contributed by atoms with Crippen LogP contribution < -0.4 is 11.1 Å². The smallest absolute Gasteiger partial charge is 0.257 e. The lowest BCUT2D eigenvalue weighted by Crippen LogP contribution is -2.13. The highest BCUT2D eigenvalue weighted by atomic mass is 35.5. The van der Waals surface area contributed by atoms with Gasteiger partial charge < -0.3 is 11.1 Å². The first-order chi connectivity index (χ1) is 9.95. The number of benzene rings is 2. The van der Waals surface area contributed by atoms with E-state index in [1.165, 1.54) is 6.07 Å². The predicted molar refractivity (Wildman–Crippen MR) is 91.3 cm³/mol. The van der Waals surface area contributed by atoms with Gasteiger partial charge in [0.05, 0.1) is 15.6 Å². The summed E-state index contributed by atoms with van der Waals surface area (Å²) in [6.45, 7) is 0. The van der Waals surface area contributed by atoms with Crippen LogP contribution in [0.25, 0.3) is 0 Å². The van der Waals surface area contributed by atoms with Gasteiger partial charge in [-0.2, -0.15) is 0 Å². The number of carbonyl (C=O) groups excluding carboxylic acids is 1. The summed E-state index contributed by atoms with van der Waals surface area (Å²) in [7, 11) is 0. The maximum absolute atomic E-state index is 12.1. The van der Waals surface area contributed by atoms with Crippen LogP contribution in [0.15, 0.2) is 42.5 Å². The number of rotatable bonds is 4. The second-order valence-corrected chi connectivity index (χ2v) is 5.79. The van der Waals surface area contributed by atoms with E-state index in [0.29, 0.717) is 32.7 Å². The lowest BCUT2D eigenvalue weighted by atomic mass is 10.1. The third kappa shape index (κ3) is 4.43. The van der Waals surface area contributed by atoms with Crippen molar-refractivity contribution in [3.05, 3.63) is 63.6 Å². The fourth-order valence-corrected chi connectivity index (χ4v) is 2.44. The van der Waals surface area contributed by atoms with Crippen molar-refractivity contribution in [2.45, 2.75) is 6.42 Å². The Kier molecular flexibility index (Phi) is 5.17. The first kappa shape index (κ1) is 15.8. The van der Waals surface area contributed by atoms with E-state index in [0.717, 1.165) is 5.56 Å². The Morgan fingerprint density at radius 3 is 2.38 bits per heavy atom. The Bertz CT molecular complexity index is 687. The molecule has 0 spiro atoms. The average molecular weight is 339 g/mol. The molecule has 0 fully saturated rings. The molecule has 0 radical (unpaired) electrons. The third-order valence-electron chi connectivity index (χ3n) is 2.77. The first-order valence-corrected chi connectivity index (χ1v) is 7.26. The molecule has 0 unspecified atom stereocenters. The van der Waals surface area contributed by atoms with Crippen LogP contribution in [0.5, 0.6) is 0 Å². The summed E-state index contributed by atoms with van der Waals surface area (Å²) in [4.78, 5) is 12.6. The Labute approximate surface area is 138 Å². The van der Waals surface area contributed by atoms with E-state index in [4.69, 9.17) is 41.2 Å². The lowest BCUT2D eigenvalue weighted by molar-refractivity contribution is 0.102. The first-order valence-electron chi connectivity index (χ1n) is 6.09. The molecule has 0 aliphatic heterocycles. The van der Waals surface area contributed by atoms with Crippen LogP contribution in [0, 0.1) is 0 Å². The number of anilines is 1. The standard InChI is InChI=1S/C15H12Cl2N2OS/c16-10-3-6-12(13(17)8-10)15(20)19-11-4-1-9(2-5-11)7-14(18)21/h1-6,8H,7H2,(H2,18,21)(H,19,20). The normalized spacial score (nSPS) is 10.2. The van der Waals surface area contributed by atoms with Gasteiger partial charge in [0, 0.05) is 17.1 Å². The summed E-state index contributed by atoms with van der Waals surface area (Å²) in [5, 5.41) is 3.56. The summed E-state index contributed by atoms with van der Waals surface area (Å²) in [6.07, 6.45) is 0.534. The maximum Gasteiger partial charge on any atom is 0.257 e. The van der Waals surface area contributed by atoms with Gasteiger partial charge in [-0.15, -0.1) is 0 Å². The molecule has 0 saturated heterocycles. The van der Waals surface area contributed by atoms with Gasteiger partial charge in [0.25, 0.3) is 5.91 Å². The van der Waals surface area contributed by atoms with Crippen molar-refractivity contribution in [2.24, 2.45) is 5.73 Å². The number of amides is 1. The molecule has 0 aliphatic carbocycles. The highest BCUT2D eigenvalue weighted by Gasteiger charge is 2.11. The molecular formula is C15H12Cl2N2OS. The van der Waals surface area contributed by atoms with Crippen molar-refractivity contribution in [2.75, 3.05) is 5.32 Å². The molecule has 3 N–H and O–H groups in total. The van der Waals surface area contributed by atoms with Crippen LogP contribution in [0.4, 0.5) is 5.69 Å². The number of thiocarbonyl (C=S) groups is 1. The second kappa shape index (κ2) is 6.89. The topological polar surface area (TPSA) is 55.1 Å². The summed E-state index contributed by atoms with van der Waals surface area (Å²) < 4.78 is 0. The predicted octanol–water partition coefficient (Wildman–Crippen LogP) is 4.07. The van der Waals surface area contributed by atoms with Gasteiger partial charge >= 0.3 is 0 Å². The molecule has 1 amide bonds. The van der Waals surface area contributed by atoms with E-state index in [9.17, 15) is 4.79 Å². The molecule has 3 nitrogen and oxygen atoms in total. The molecule has 2 rings (SSSR count). The number of halogens is 2. The van der Waals surface area contributed by atoms with Gasteiger partial charge in [-0.3, -0.25) is 4.79 Å². The number of hydrogen-bond acceptors (Lipinski definition) is 2. The summed E-state index contributed by atoms with van der Waals surface area (Å²) >= 11 is 16.7. The Hall–Kier alpha value is -1.62. The minimum Gasteiger partial charge on any atom is -0.393 e. The molecule has 21 heavy (non-hydrogen) atoms. The van der Waals surface area contributed by atoms with Gasteiger partial charge in [0.1, 0.15) is 0 Å². The fraction of sp³-hybridized carbons (Fsp3) is 0.0667. The highest BCUT2D eigenvalue weighted by molar-refractivity contribution is 7.80. The summed E-state index contributed by atoms with van der Waals surface area (Å²) in [5.41, 5.74) is 7.51. The number of nitrogens with two attached hydrogens (primary N) is 1. The Morgan fingerprint density at radius 1 is 1.14 bits per heavy atom. The molecule has 0 saturated carbocycles. The SMILES string of the molecule is NC(=S)Cc1ccc(NC(=O)c2ccc(Cl)cc2Cl)cc1. The van der Waals surface area contributed by atoms with Gasteiger partial charge in [-0.05, 0) is 35.9 Å². The molecule has 0 aliphatic rings. The van der Waals surface area contributed by atoms with Crippen LogP contribution in [0.2, 0.25) is 10.0 Å². The number of hydrogen-bond donors (Lipinski definition) is 2. The fourth-order valence-electron chi connectivity index (χ4n) is 1.78. The Morgan fingerprint density at radius 2 is 1.81 bits per heavy atom. The molecule has 108 valence electrons. The average Bonchev–Trinajstić information content (AvgIpc) is 2.40. The van der Waals surface area contributed by atoms with Gasteiger partial charge in [-0.25, -0.2) is 0 Å². The number of nitrogens with one attached hydrogen (secondary N) is 1. The van der Waals surface area contributed by atoms with Gasteiger partial charge in [-0.1, -0.05) is 47.6 Å². The highest BCUT2D eigenvalue weighted by Crippen LogP contribution is 2.22. The van der Waals surface area contributed by atoms with E-state index in [-0.39, 0.29) is 5.91 Å². The van der Waals surface area contributed by atoms with Crippen molar-refractivity contribution < 1.29 is 4.79 Å². The second-order valence-electron chi connectivity index (χ2n) is 4.42. The molecule has 0 aromatic heterocycles. The quantitative estimate of drug-likeness (QED) is 0.826. The van der Waals surface area contributed by atoms with Crippen molar-refractivity contribution in [3.63, 3.8) is 0 Å².